The number of methoxy groups -OCH3 is 1. The van der Waals surface area contributed by atoms with Crippen molar-refractivity contribution in [2.75, 3.05) is 19.0 Å². The van der Waals surface area contributed by atoms with E-state index in [1.54, 1.807) is 6.92 Å². The Morgan fingerprint density at radius 2 is 2.00 bits per heavy atom. The van der Waals surface area contributed by atoms with E-state index in [1.165, 1.54) is 19.2 Å². The van der Waals surface area contributed by atoms with Crippen molar-refractivity contribution in [3.8, 4) is 17.6 Å². The summed E-state index contributed by atoms with van der Waals surface area (Å²) in [6, 6.07) is 3.03. The minimum absolute atomic E-state index is 0.0277. The number of amides is 1. The first-order valence-electron chi connectivity index (χ1n) is 4.95. The lowest BCUT2D eigenvalue weighted by molar-refractivity contribution is 0.176. The van der Waals surface area contributed by atoms with Gasteiger partial charge in [0.2, 0.25) is 0 Å². The summed E-state index contributed by atoms with van der Waals surface area (Å²) in [5.74, 6) is 5.56. The Bertz CT molecular complexity index is 483. The lowest BCUT2D eigenvalue weighted by Crippen LogP contribution is -2.13. The van der Waals surface area contributed by atoms with Gasteiger partial charge in [0.05, 0.1) is 17.2 Å². The molecule has 0 spiro atoms. The number of hydrogen-bond acceptors (Lipinski definition) is 3. The summed E-state index contributed by atoms with van der Waals surface area (Å²) in [6.45, 7) is 1.68. The largest absolute Gasteiger partial charge is 0.494 e. The van der Waals surface area contributed by atoms with Gasteiger partial charge in [-0.05, 0) is 19.1 Å². The maximum absolute atomic E-state index is 11.3. The van der Waals surface area contributed by atoms with Crippen molar-refractivity contribution in [2.24, 2.45) is 0 Å². The summed E-state index contributed by atoms with van der Waals surface area (Å²) in [4.78, 5) is 11.3. The minimum atomic E-state index is -0.630. The van der Waals surface area contributed by atoms with Gasteiger partial charge in [-0.15, -0.1) is 5.92 Å². The predicted octanol–water partition coefficient (Wildman–Crippen LogP) is 3.57. The highest BCUT2D eigenvalue weighted by Crippen LogP contribution is 2.35. The lowest BCUT2D eigenvalue weighted by atomic mass is 10.3. The van der Waals surface area contributed by atoms with Crippen LogP contribution in [0.2, 0.25) is 10.0 Å². The number of halogens is 2. The highest BCUT2D eigenvalue weighted by molar-refractivity contribution is 6.37. The quantitative estimate of drug-likeness (QED) is 0.865. The van der Waals surface area contributed by atoms with E-state index in [0.29, 0.717) is 21.5 Å². The van der Waals surface area contributed by atoms with E-state index in [-0.39, 0.29) is 6.61 Å². The number of ether oxygens (including phenoxy) is 2. The highest BCUT2D eigenvalue weighted by atomic mass is 35.5. The summed E-state index contributed by atoms with van der Waals surface area (Å²) in [5.41, 5.74) is 0.417. The number of nitrogens with one attached hydrogen (secondary N) is 1. The average molecular weight is 288 g/mol. The molecule has 0 saturated heterocycles. The molecule has 1 N–H and O–H groups in total. The van der Waals surface area contributed by atoms with Crippen LogP contribution in [0.1, 0.15) is 6.92 Å². The summed E-state index contributed by atoms with van der Waals surface area (Å²) < 4.78 is 9.77. The molecule has 0 aliphatic rings. The van der Waals surface area contributed by atoms with Crippen LogP contribution in [0.5, 0.6) is 5.75 Å². The molecule has 0 aromatic heterocycles. The van der Waals surface area contributed by atoms with Gasteiger partial charge in [0.15, 0.2) is 12.4 Å². The zero-order valence-corrected chi connectivity index (χ0v) is 11.4. The first kappa shape index (κ1) is 14.5. The zero-order valence-electron chi connectivity index (χ0n) is 9.84. The maximum atomic E-state index is 11.3. The van der Waals surface area contributed by atoms with Gasteiger partial charge >= 0.3 is 6.09 Å². The topological polar surface area (TPSA) is 47.6 Å². The summed E-state index contributed by atoms with van der Waals surface area (Å²) >= 11 is 11.8. The number of rotatable bonds is 3. The number of benzene rings is 1. The third-order valence-electron chi connectivity index (χ3n) is 1.90. The molecule has 0 aliphatic heterocycles. The maximum Gasteiger partial charge on any atom is 0.412 e. The van der Waals surface area contributed by atoms with Crippen LogP contribution in [0.4, 0.5) is 10.5 Å². The van der Waals surface area contributed by atoms with Crippen molar-refractivity contribution in [3.63, 3.8) is 0 Å². The fourth-order valence-corrected chi connectivity index (χ4v) is 1.80. The van der Waals surface area contributed by atoms with Gasteiger partial charge in [0.1, 0.15) is 0 Å². The second-order valence-electron chi connectivity index (χ2n) is 3.10. The van der Waals surface area contributed by atoms with E-state index in [4.69, 9.17) is 32.7 Å². The third-order valence-corrected chi connectivity index (χ3v) is 2.46. The van der Waals surface area contributed by atoms with Gasteiger partial charge in [-0.2, -0.15) is 0 Å². The zero-order chi connectivity index (χ0) is 13.5. The van der Waals surface area contributed by atoms with Crippen LogP contribution in [0, 0.1) is 11.8 Å². The Labute approximate surface area is 115 Å². The van der Waals surface area contributed by atoms with Crippen LogP contribution in [-0.2, 0) is 4.74 Å². The van der Waals surface area contributed by atoms with Crippen molar-refractivity contribution in [1.29, 1.82) is 0 Å². The number of hydrogen-bond donors (Lipinski definition) is 1. The average Bonchev–Trinajstić information content (AvgIpc) is 2.29. The van der Waals surface area contributed by atoms with E-state index < -0.39 is 6.09 Å². The van der Waals surface area contributed by atoms with Gasteiger partial charge in [-0.25, -0.2) is 4.79 Å². The van der Waals surface area contributed by atoms with Gasteiger partial charge in [0.25, 0.3) is 0 Å². The molecule has 1 aromatic rings. The van der Waals surface area contributed by atoms with Crippen molar-refractivity contribution < 1.29 is 14.3 Å². The van der Waals surface area contributed by atoms with Gasteiger partial charge in [-0.3, -0.25) is 5.32 Å². The number of anilines is 1. The van der Waals surface area contributed by atoms with E-state index in [2.05, 4.69) is 17.2 Å². The number of carbonyl (C=O) groups is 1. The summed E-state index contributed by atoms with van der Waals surface area (Å²) in [5, 5.41) is 3.08. The van der Waals surface area contributed by atoms with Crippen LogP contribution in [0.25, 0.3) is 0 Å². The van der Waals surface area contributed by atoms with Crippen molar-refractivity contribution in [1.82, 2.24) is 0 Å². The Balaban J connectivity index is 2.73. The van der Waals surface area contributed by atoms with Gasteiger partial charge < -0.3 is 9.47 Å². The molecular formula is C12H11Cl2NO3. The SMILES string of the molecule is CC#CCOC(=O)Nc1cc(Cl)c(OC)c(Cl)c1. The highest BCUT2D eigenvalue weighted by Gasteiger charge is 2.10. The Morgan fingerprint density at radius 3 is 2.50 bits per heavy atom. The molecule has 0 saturated carbocycles. The molecule has 0 bridgehead atoms. The fourth-order valence-electron chi connectivity index (χ4n) is 1.15. The molecule has 0 fully saturated rings. The third kappa shape index (κ3) is 4.02. The van der Waals surface area contributed by atoms with Gasteiger partial charge in [-0.1, -0.05) is 29.1 Å². The second-order valence-corrected chi connectivity index (χ2v) is 3.92. The molecule has 0 radical (unpaired) electrons. The molecule has 18 heavy (non-hydrogen) atoms. The van der Waals surface area contributed by atoms with Crippen LogP contribution in [0.3, 0.4) is 0 Å². The van der Waals surface area contributed by atoms with E-state index in [1.807, 2.05) is 0 Å². The van der Waals surface area contributed by atoms with E-state index >= 15 is 0 Å². The van der Waals surface area contributed by atoms with E-state index in [0.717, 1.165) is 0 Å². The monoisotopic (exact) mass is 287 g/mol. The molecule has 0 aliphatic carbocycles. The van der Waals surface area contributed by atoms with Crippen LogP contribution >= 0.6 is 23.2 Å². The van der Waals surface area contributed by atoms with Crippen LogP contribution in [0.15, 0.2) is 12.1 Å². The summed E-state index contributed by atoms with van der Waals surface area (Å²) in [6.07, 6.45) is -0.630. The first-order chi connectivity index (χ1) is 8.58. The second kappa shape index (κ2) is 7.00. The van der Waals surface area contributed by atoms with Crippen LogP contribution in [-0.4, -0.2) is 19.8 Å². The van der Waals surface area contributed by atoms with E-state index in [9.17, 15) is 4.79 Å². The Morgan fingerprint density at radius 1 is 1.39 bits per heavy atom. The van der Waals surface area contributed by atoms with Crippen molar-refractivity contribution >= 4 is 35.0 Å². The minimum Gasteiger partial charge on any atom is -0.494 e. The molecule has 0 atom stereocenters. The lowest BCUT2D eigenvalue weighted by Gasteiger charge is -2.09. The molecule has 4 nitrogen and oxygen atoms in total. The molecule has 0 unspecified atom stereocenters. The molecule has 1 aromatic carbocycles. The van der Waals surface area contributed by atoms with Crippen molar-refractivity contribution in [3.05, 3.63) is 22.2 Å². The normalized spacial score (nSPS) is 9.11. The first-order valence-corrected chi connectivity index (χ1v) is 5.70. The van der Waals surface area contributed by atoms with Crippen molar-refractivity contribution in [2.45, 2.75) is 6.92 Å². The molecule has 0 heterocycles. The number of carbonyl (C=O) groups excluding carboxylic acids is 1. The van der Waals surface area contributed by atoms with Gasteiger partial charge in [0, 0.05) is 5.69 Å². The van der Waals surface area contributed by atoms with Crippen LogP contribution < -0.4 is 10.1 Å². The predicted molar refractivity (Wildman–Crippen MR) is 71.4 cm³/mol. The Kier molecular flexibility index (Phi) is 5.63. The summed E-state index contributed by atoms with van der Waals surface area (Å²) in [7, 11) is 1.46. The fraction of sp³-hybridized carbons (Fsp3) is 0.250. The molecule has 1 amide bonds. The molecular weight excluding hydrogens is 277 g/mol. The molecule has 1 rings (SSSR count). The molecule has 6 heteroatoms. The standard InChI is InChI=1S/C12H11Cl2NO3/c1-3-4-5-18-12(16)15-8-6-9(13)11(17-2)10(14)7-8/h6-7H,5H2,1-2H3,(H,15,16). The smallest absolute Gasteiger partial charge is 0.412 e. The molecule has 96 valence electrons. The Hall–Kier alpha value is -1.57.